The summed E-state index contributed by atoms with van der Waals surface area (Å²) in [7, 11) is 1.71. The highest BCUT2D eigenvalue weighted by Gasteiger charge is 2.18. The summed E-state index contributed by atoms with van der Waals surface area (Å²) in [5.74, 6) is 3.90. The minimum Gasteiger partial charge on any atom is -0.474 e. The molecule has 1 saturated carbocycles. The van der Waals surface area contributed by atoms with Crippen molar-refractivity contribution in [2.24, 2.45) is 4.99 Å². The predicted molar refractivity (Wildman–Crippen MR) is 99.6 cm³/mol. The maximum atomic E-state index is 6.01. The smallest absolute Gasteiger partial charge is 0.218 e. The summed E-state index contributed by atoms with van der Waals surface area (Å²) in [5, 5.41) is 6.23. The number of aliphatic imine (C=N–C) groups is 1. The Bertz CT molecular complexity index is 521. The Labute approximate surface area is 149 Å². The molecule has 0 radical (unpaired) electrons. The topological polar surface area (TPSA) is 58.5 Å². The minimum absolute atomic E-state index is 0. The number of halogens is 1. The van der Waals surface area contributed by atoms with Gasteiger partial charge in [0.15, 0.2) is 5.96 Å². The first-order chi connectivity index (χ1) is 10.3. The van der Waals surface area contributed by atoms with Crippen molar-refractivity contribution in [2.75, 3.05) is 13.6 Å². The number of nitrogens with zero attached hydrogens (tertiary/aromatic N) is 2. The van der Waals surface area contributed by atoms with Gasteiger partial charge in [-0.2, -0.15) is 0 Å². The summed E-state index contributed by atoms with van der Waals surface area (Å²) in [6, 6.07) is 3.93. The van der Waals surface area contributed by atoms with Gasteiger partial charge in [0.25, 0.3) is 0 Å². The van der Waals surface area contributed by atoms with Gasteiger partial charge in [0.1, 0.15) is 6.10 Å². The first-order valence-electron chi connectivity index (χ1n) is 7.32. The monoisotopic (exact) mass is 414 g/mol. The largest absolute Gasteiger partial charge is 0.474 e. The Morgan fingerprint density at radius 3 is 2.91 bits per heavy atom. The van der Waals surface area contributed by atoms with E-state index in [2.05, 4.69) is 26.5 Å². The van der Waals surface area contributed by atoms with Crippen molar-refractivity contribution in [3.63, 3.8) is 0 Å². The lowest BCUT2D eigenvalue weighted by molar-refractivity contribution is 0.199. The molecule has 2 N–H and O–H groups in total. The molecule has 1 aromatic heterocycles. The molecule has 5 nitrogen and oxygen atoms in total. The summed E-state index contributed by atoms with van der Waals surface area (Å²) < 4.78 is 6.01. The van der Waals surface area contributed by atoms with Crippen LogP contribution in [0.2, 0.25) is 0 Å². The molecule has 0 amide bonds. The zero-order valence-electron chi connectivity index (χ0n) is 12.8. The lowest BCUT2D eigenvalue weighted by atomic mass is 10.2. The molecule has 0 aromatic carbocycles. The lowest BCUT2D eigenvalue weighted by Crippen LogP contribution is -2.37. The van der Waals surface area contributed by atoms with E-state index in [1.165, 1.54) is 12.8 Å². The van der Waals surface area contributed by atoms with Crippen LogP contribution in [0.3, 0.4) is 0 Å². The Morgan fingerprint density at radius 2 is 2.23 bits per heavy atom. The molecule has 0 spiro atoms. The average molecular weight is 414 g/mol. The van der Waals surface area contributed by atoms with Crippen LogP contribution < -0.4 is 15.4 Å². The van der Waals surface area contributed by atoms with Crippen molar-refractivity contribution >= 4 is 29.9 Å². The van der Waals surface area contributed by atoms with Crippen molar-refractivity contribution in [3.8, 4) is 18.2 Å². The van der Waals surface area contributed by atoms with Crippen molar-refractivity contribution < 1.29 is 4.74 Å². The highest BCUT2D eigenvalue weighted by atomic mass is 127. The van der Waals surface area contributed by atoms with E-state index in [1.54, 1.807) is 13.2 Å². The van der Waals surface area contributed by atoms with Crippen LogP contribution >= 0.6 is 24.0 Å². The van der Waals surface area contributed by atoms with E-state index in [0.717, 1.165) is 18.4 Å². The number of rotatable bonds is 5. The third-order valence-electron chi connectivity index (χ3n) is 3.46. The number of hydrogen-bond acceptors (Lipinski definition) is 3. The van der Waals surface area contributed by atoms with E-state index in [0.29, 0.717) is 31.0 Å². The maximum absolute atomic E-state index is 6.01. The summed E-state index contributed by atoms with van der Waals surface area (Å²) in [6.07, 6.45) is 12.0. The van der Waals surface area contributed by atoms with Crippen molar-refractivity contribution in [1.82, 2.24) is 15.6 Å². The Morgan fingerprint density at radius 1 is 1.45 bits per heavy atom. The Hall–Kier alpha value is -1.49. The summed E-state index contributed by atoms with van der Waals surface area (Å²) >= 11 is 0. The van der Waals surface area contributed by atoms with Crippen LogP contribution in [0.25, 0.3) is 0 Å². The molecule has 2 rings (SSSR count). The van der Waals surface area contributed by atoms with Crippen LogP contribution in [0.4, 0.5) is 0 Å². The zero-order chi connectivity index (χ0) is 14.9. The normalized spacial score (nSPS) is 14.8. The SMILES string of the molecule is C#CCNC(=NC)NCc1cccnc1OC1CCCC1.I. The molecule has 1 aliphatic rings. The first kappa shape index (κ1) is 18.6. The van der Waals surface area contributed by atoms with Gasteiger partial charge in [-0.05, 0) is 31.7 Å². The number of ether oxygens (including phenoxy) is 1. The second-order valence-corrected chi connectivity index (χ2v) is 4.98. The number of hydrogen-bond donors (Lipinski definition) is 2. The van der Waals surface area contributed by atoms with E-state index in [-0.39, 0.29) is 24.0 Å². The van der Waals surface area contributed by atoms with E-state index in [4.69, 9.17) is 11.2 Å². The average Bonchev–Trinajstić information content (AvgIpc) is 3.02. The number of aromatic nitrogens is 1. The molecule has 1 heterocycles. The lowest BCUT2D eigenvalue weighted by Gasteiger charge is -2.16. The van der Waals surface area contributed by atoms with Gasteiger partial charge in [-0.3, -0.25) is 4.99 Å². The second kappa shape index (κ2) is 10.3. The summed E-state index contributed by atoms with van der Waals surface area (Å²) in [6.45, 7) is 1.04. The van der Waals surface area contributed by atoms with Gasteiger partial charge in [-0.1, -0.05) is 12.0 Å². The standard InChI is InChI=1S/C16H22N4O.HI/c1-3-10-19-16(17-2)20-12-13-7-6-11-18-15(13)21-14-8-4-5-9-14;/h1,6-7,11,14H,4-5,8-10,12H2,2H3,(H2,17,19,20);1H. The third-order valence-corrected chi connectivity index (χ3v) is 3.46. The molecular formula is C16H23IN4O. The van der Waals surface area contributed by atoms with E-state index < -0.39 is 0 Å². The van der Waals surface area contributed by atoms with Crippen LogP contribution in [0.5, 0.6) is 5.88 Å². The van der Waals surface area contributed by atoms with E-state index in [9.17, 15) is 0 Å². The number of guanidine groups is 1. The molecule has 1 aromatic rings. The first-order valence-corrected chi connectivity index (χ1v) is 7.32. The van der Waals surface area contributed by atoms with Gasteiger partial charge >= 0.3 is 0 Å². The quantitative estimate of drug-likeness (QED) is 0.336. The van der Waals surface area contributed by atoms with Crippen molar-refractivity contribution in [1.29, 1.82) is 0 Å². The summed E-state index contributed by atoms with van der Waals surface area (Å²) in [4.78, 5) is 8.46. The minimum atomic E-state index is 0. The molecule has 6 heteroatoms. The van der Waals surface area contributed by atoms with Crippen molar-refractivity contribution in [3.05, 3.63) is 23.9 Å². The molecular weight excluding hydrogens is 391 g/mol. The maximum Gasteiger partial charge on any atom is 0.218 e. The molecule has 1 fully saturated rings. The van der Waals surface area contributed by atoms with Crippen LogP contribution in [0.15, 0.2) is 23.3 Å². The highest BCUT2D eigenvalue weighted by Crippen LogP contribution is 2.24. The molecule has 0 atom stereocenters. The highest BCUT2D eigenvalue weighted by molar-refractivity contribution is 14.0. The number of nitrogens with one attached hydrogen (secondary N) is 2. The van der Waals surface area contributed by atoms with E-state index >= 15 is 0 Å². The predicted octanol–water partition coefficient (Wildman–Crippen LogP) is 2.32. The Balaban J connectivity index is 0.00000242. The molecule has 0 unspecified atom stereocenters. The second-order valence-electron chi connectivity index (χ2n) is 4.98. The van der Waals surface area contributed by atoms with E-state index in [1.807, 2.05) is 12.1 Å². The molecule has 0 aliphatic heterocycles. The summed E-state index contributed by atoms with van der Waals surface area (Å²) in [5.41, 5.74) is 1.02. The number of pyridine rings is 1. The molecule has 22 heavy (non-hydrogen) atoms. The molecule has 120 valence electrons. The van der Waals surface area contributed by atoms with Gasteiger partial charge < -0.3 is 15.4 Å². The number of terminal acetylenes is 1. The fraction of sp³-hybridized carbons (Fsp3) is 0.500. The van der Waals surface area contributed by atoms with Crippen LogP contribution in [-0.4, -0.2) is 30.6 Å². The van der Waals surface area contributed by atoms with Gasteiger partial charge in [0.2, 0.25) is 5.88 Å². The molecule has 1 aliphatic carbocycles. The van der Waals surface area contributed by atoms with Crippen LogP contribution in [0, 0.1) is 12.3 Å². The van der Waals surface area contributed by atoms with Crippen LogP contribution in [0.1, 0.15) is 31.2 Å². The zero-order valence-corrected chi connectivity index (χ0v) is 15.2. The van der Waals surface area contributed by atoms with Gasteiger partial charge in [-0.25, -0.2) is 4.98 Å². The van der Waals surface area contributed by atoms with Crippen LogP contribution in [-0.2, 0) is 6.54 Å². The van der Waals surface area contributed by atoms with Gasteiger partial charge in [0, 0.05) is 25.4 Å². The third kappa shape index (κ3) is 5.72. The Kier molecular flexibility index (Phi) is 8.67. The van der Waals surface area contributed by atoms with Crippen molar-refractivity contribution in [2.45, 2.75) is 38.3 Å². The van der Waals surface area contributed by atoms with Gasteiger partial charge in [0.05, 0.1) is 6.54 Å². The van der Waals surface area contributed by atoms with Gasteiger partial charge in [-0.15, -0.1) is 30.4 Å². The molecule has 0 saturated heterocycles. The fourth-order valence-electron chi connectivity index (χ4n) is 2.36. The molecule has 0 bridgehead atoms. The fourth-order valence-corrected chi connectivity index (χ4v) is 2.36.